The number of carbonyl (C=O) groups is 2. The van der Waals surface area contributed by atoms with Gasteiger partial charge in [0.1, 0.15) is 17.7 Å². The molecule has 1 aromatic carbocycles. The van der Waals surface area contributed by atoms with Crippen LogP contribution in [-0.4, -0.2) is 61.0 Å². The SMILES string of the molecule is COc1ccc(C23CCC(CN(c4cc(-c5cnc(C(C)(C)C)s5)ccn4)C(=O)[C@H]4CC[C@H](OC(=O)NC5CCOCC5)CC4)(CC2)CC3)cc1C. The summed E-state index contributed by atoms with van der Waals surface area (Å²) >= 11 is 1.71. The molecule has 8 rings (SSSR count). The van der Waals surface area contributed by atoms with Gasteiger partial charge in [0.25, 0.3) is 0 Å². The number of hydrogen-bond donors (Lipinski definition) is 1. The zero-order valence-electron chi connectivity index (χ0n) is 31.7. The zero-order valence-corrected chi connectivity index (χ0v) is 32.5. The number of benzene rings is 1. The molecule has 52 heavy (non-hydrogen) atoms. The van der Waals surface area contributed by atoms with Crippen molar-refractivity contribution in [2.45, 2.75) is 128 Å². The van der Waals surface area contributed by atoms with E-state index in [-0.39, 0.29) is 46.3 Å². The molecule has 0 radical (unpaired) electrons. The lowest BCUT2D eigenvalue weighted by Crippen LogP contribution is -2.52. The van der Waals surface area contributed by atoms with Gasteiger partial charge in [-0.1, -0.05) is 32.9 Å². The number of pyridine rings is 1. The highest BCUT2D eigenvalue weighted by Gasteiger charge is 2.51. The molecule has 3 heterocycles. The Morgan fingerprint density at radius 3 is 2.31 bits per heavy atom. The molecule has 1 N–H and O–H groups in total. The van der Waals surface area contributed by atoms with Crippen LogP contribution in [0.1, 0.15) is 114 Å². The number of hydrogen-bond acceptors (Lipinski definition) is 8. The van der Waals surface area contributed by atoms with E-state index in [9.17, 15) is 9.59 Å². The monoisotopic (exact) mass is 728 g/mol. The number of aryl methyl sites for hydroxylation is 1. The number of anilines is 1. The van der Waals surface area contributed by atoms with Gasteiger partial charge in [0.05, 0.1) is 17.0 Å². The predicted octanol–water partition coefficient (Wildman–Crippen LogP) is 8.91. The molecule has 4 aliphatic carbocycles. The maximum Gasteiger partial charge on any atom is 0.407 e. The average Bonchev–Trinajstić information content (AvgIpc) is 3.67. The summed E-state index contributed by atoms with van der Waals surface area (Å²) in [6, 6.07) is 11.0. The van der Waals surface area contributed by atoms with Crippen molar-refractivity contribution in [2.75, 3.05) is 31.8 Å². The van der Waals surface area contributed by atoms with Crippen LogP contribution >= 0.6 is 11.3 Å². The summed E-state index contributed by atoms with van der Waals surface area (Å²) in [4.78, 5) is 40.1. The Bertz CT molecular complexity index is 1710. The number of nitrogens with zero attached hydrogens (tertiary/aromatic N) is 3. The van der Waals surface area contributed by atoms with Crippen LogP contribution in [0.2, 0.25) is 0 Å². The summed E-state index contributed by atoms with van der Waals surface area (Å²) in [5.41, 5.74) is 3.88. The highest BCUT2D eigenvalue weighted by molar-refractivity contribution is 7.15. The summed E-state index contributed by atoms with van der Waals surface area (Å²) in [6.07, 6.45) is 14.3. The Balaban J connectivity index is 1.08. The molecule has 2 bridgehead atoms. The van der Waals surface area contributed by atoms with Crippen molar-refractivity contribution in [1.29, 1.82) is 0 Å². The van der Waals surface area contributed by atoms with E-state index >= 15 is 0 Å². The Morgan fingerprint density at radius 2 is 1.67 bits per heavy atom. The molecule has 1 saturated heterocycles. The fourth-order valence-corrected chi connectivity index (χ4v) is 10.0. The first kappa shape index (κ1) is 36.8. The highest BCUT2D eigenvalue weighted by atomic mass is 32.1. The van der Waals surface area contributed by atoms with Gasteiger partial charge < -0.3 is 19.5 Å². The van der Waals surface area contributed by atoms with Crippen molar-refractivity contribution in [1.82, 2.24) is 15.3 Å². The molecule has 9 nitrogen and oxygen atoms in total. The van der Waals surface area contributed by atoms with Gasteiger partial charge in [-0.05, 0) is 130 Å². The van der Waals surface area contributed by atoms with Crippen LogP contribution < -0.4 is 15.0 Å². The van der Waals surface area contributed by atoms with Gasteiger partial charge in [0.15, 0.2) is 0 Å². The molecule has 0 atom stereocenters. The van der Waals surface area contributed by atoms with E-state index in [0.29, 0.717) is 45.4 Å². The second kappa shape index (κ2) is 15.1. The van der Waals surface area contributed by atoms with Gasteiger partial charge >= 0.3 is 6.09 Å². The Morgan fingerprint density at radius 1 is 0.962 bits per heavy atom. The Kier molecular flexibility index (Phi) is 10.7. The van der Waals surface area contributed by atoms with Crippen LogP contribution in [-0.2, 0) is 25.1 Å². The third-order valence-electron chi connectivity index (χ3n) is 12.5. The summed E-state index contributed by atoms with van der Waals surface area (Å²) in [6.45, 7) is 10.7. The first-order valence-electron chi connectivity index (χ1n) is 19.4. The lowest BCUT2D eigenvalue weighted by molar-refractivity contribution is -0.124. The summed E-state index contributed by atoms with van der Waals surface area (Å²) in [7, 11) is 1.74. The van der Waals surface area contributed by atoms with E-state index in [1.54, 1.807) is 18.4 Å². The third kappa shape index (κ3) is 7.88. The number of rotatable bonds is 9. The van der Waals surface area contributed by atoms with E-state index < -0.39 is 0 Å². The Labute approximate surface area is 313 Å². The van der Waals surface area contributed by atoms with E-state index in [1.165, 1.54) is 11.1 Å². The first-order valence-corrected chi connectivity index (χ1v) is 20.2. The second-order valence-electron chi connectivity index (χ2n) is 17.0. The van der Waals surface area contributed by atoms with E-state index in [0.717, 1.165) is 78.4 Å². The smallest absolute Gasteiger partial charge is 0.407 e. The number of fused-ring (bicyclic) bond motifs is 3. The van der Waals surface area contributed by atoms with E-state index in [2.05, 4.69) is 57.3 Å². The molecule has 2 amide bonds. The molecule has 0 spiro atoms. The molecule has 4 saturated carbocycles. The summed E-state index contributed by atoms with van der Waals surface area (Å²) < 4.78 is 16.8. The number of carbonyl (C=O) groups excluding carboxylic acids is 2. The van der Waals surface area contributed by atoms with Gasteiger partial charge in [-0.2, -0.15) is 0 Å². The van der Waals surface area contributed by atoms with Gasteiger partial charge in [0, 0.05) is 49.5 Å². The number of ether oxygens (including phenoxy) is 3. The number of methoxy groups -OCH3 is 1. The van der Waals surface area contributed by atoms with Gasteiger partial charge in [-0.15, -0.1) is 11.3 Å². The van der Waals surface area contributed by atoms with E-state index in [4.69, 9.17) is 24.2 Å². The van der Waals surface area contributed by atoms with Crippen LogP contribution in [0, 0.1) is 18.3 Å². The van der Waals surface area contributed by atoms with Crippen LogP contribution in [0.15, 0.2) is 42.7 Å². The normalized spacial score (nSPS) is 26.5. The molecule has 10 heteroatoms. The standard InChI is InChI=1S/C42H56N4O5S/c1-28-24-31(8-11-34(28)49-5)42-18-15-41(16-19-42,17-20-42)27-46(36-25-30(12-21-43-36)35-26-44-38(52-35)40(2,3)4)37(47)29-6-9-33(10-7-29)51-39(48)45-32-13-22-50-23-14-32/h8,11-12,21,24-26,29,32-33H,6-7,9-10,13-20,22-23,27H2,1-5H3,(H,45,48)/t29-,33-,41?,42?. The molecule has 3 aromatic rings. The molecule has 5 fully saturated rings. The lowest BCUT2D eigenvalue weighted by atomic mass is 9.51. The largest absolute Gasteiger partial charge is 0.496 e. The lowest BCUT2D eigenvalue weighted by Gasteiger charge is -2.55. The molecule has 280 valence electrons. The number of amides is 2. The van der Waals surface area contributed by atoms with Crippen LogP contribution in [0.5, 0.6) is 5.75 Å². The topological polar surface area (TPSA) is 103 Å². The van der Waals surface area contributed by atoms with Crippen LogP contribution in [0.25, 0.3) is 10.4 Å². The van der Waals surface area contributed by atoms with Crippen molar-refractivity contribution in [3.05, 3.63) is 58.9 Å². The van der Waals surface area contributed by atoms with Crippen molar-refractivity contribution in [3.8, 4) is 16.2 Å². The summed E-state index contributed by atoms with van der Waals surface area (Å²) in [5, 5.41) is 4.11. The first-order chi connectivity index (χ1) is 25.0. The van der Waals surface area contributed by atoms with Gasteiger partial charge in [-0.3, -0.25) is 9.69 Å². The highest BCUT2D eigenvalue weighted by Crippen LogP contribution is 2.58. The minimum Gasteiger partial charge on any atom is -0.496 e. The minimum absolute atomic E-state index is 0.0320. The van der Waals surface area contributed by atoms with Gasteiger partial charge in [0.2, 0.25) is 5.91 Å². The molecular formula is C42H56N4O5S. The fourth-order valence-electron chi connectivity index (χ4n) is 9.06. The fraction of sp³-hybridized carbons (Fsp3) is 0.619. The summed E-state index contributed by atoms with van der Waals surface area (Å²) in [5.74, 6) is 1.68. The third-order valence-corrected chi connectivity index (χ3v) is 13.9. The average molecular weight is 729 g/mol. The minimum atomic E-state index is -0.350. The molecule has 5 aliphatic rings. The molecular weight excluding hydrogens is 673 g/mol. The number of aromatic nitrogens is 2. The Hall–Kier alpha value is -3.50. The molecule has 0 unspecified atom stereocenters. The van der Waals surface area contributed by atoms with Gasteiger partial charge in [-0.25, -0.2) is 14.8 Å². The second-order valence-corrected chi connectivity index (χ2v) is 18.0. The number of thiazole rings is 1. The number of alkyl carbamates (subject to hydrolysis) is 1. The van der Waals surface area contributed by atoms with Crippen LogP contribution in [0.3, 0.4) is 0 Å². The van der Waals surface area contributed by atoms with E-state index in [1.807, 2.05) is 23.4 Å². The van der Waals surface area contributed by atoms with Crippen molar-refractivity contribution in [2.24, 2.45) is 11.3 Å². The maximum atomic E-state index is 14.7. The number of nitrogens with one attached hydrogen (secondary N) is 1. The van der Waals surface area contributed by atoms with Crippen molar-refractivity contribution >= 4 is 29.2 Å². The molecule has 1 aliphatic heterocycles. The quantitative estimate of drug-likeness (QED) is 0.235. The maximum absolute atomic E-state index is 14.7. The van der Waals surface area contributed by atoms with Crippen molar-refractivity contribution < 1.29 is 23.8 Å². The molecule has 2 aromatic heterocycles. The predicted molar refractivity (Wildman–Crippen MR) is 205 cm³/mol. The van der Waals surface area contributed by atoms with Crippen LogP contribution in [0.4, 0.5) is 10.6 Å². The zero-order chi connectivity index (χ0) is 36.5. The van der Waals surface area contributed by atoms with Crippen molar-refractivity contribution in [3.63, 3.8) is 0 Å².